The van der Waals surface area contributed by atoms with Gasteiger partial charge in [0.05, 0.1) is 6.61 Å². The van der Waals surface area contributed by atoms with E-state index in [0.717, 1.165) is 0 Å². The van der Waals surface area contributed by atoms with Crippen molar-refractivity contribution >= 4 is 7.82 Å². The van der Waals surface area contributed by atoms with Crippen LogP contribution in [-0.4, -0.2) is 28.5 Å². The molecule has 7 heteroatoms. The molecular formula is C14H33N2O4P. The molecule has 0 unspecified atom stereocenters. The summed E-state index contributed by atoms with van der Waals surface area (Å²) in [6.07, 6.45) is 13.3. The van der Waals surface area contributed by atoms with Crippen LogP contribution >= 0.6 is 7.82 Å². The van der Waals surface area contributed by atoms with Crippen LogP contribution in [0.15, 0.2) is 0 Å². The summed E-state index contributed by atoms with van der Waals surface area (Å²) in [6, 6.07) is 1.07. The van der Waals surface area contributed by atoms with E-state index in [2.05, 4.69) is 4.52 Å². The van der Waals surface area contributed by atoms with Gasteiger partial charge in [0.2, 0.25) is 0 Å². The van der Waals surface area contributed by atoms with Crippen molar-refractivity contribution in [3.05, 3.63) is 0 Å². The molecule has 6 N–H and O–H groups in total. The van der Waals surface area contributed by atoms with Gasteiger partial charge in [0.1, 0.15) is 0 Å². The van der Waals surface area contributed by atoms with Crippen molar-refractivity contribution in [2.24, 2.45) is 11.5 Å². The molecule has 2 saturated carbocycles. The number of nitrogens with two attached hydrogens (primary N) is 2. The van der Waals surface area contributed by atoms with Crippen LogP contribution in [0, 0.1) is 0 Å². The first-order valence-electron chi connectivity index (χ1n) is 8.06. The van der Waals surface area contributed by atoms with E-state index >= 15 is 0 Å². The topological polar surface area (TPSA) is 119 Å². The smallest absolute Gasteiger partial charge is 0.328 e. The molecule has 2 aliphatic carbocycles. The lowest BCUT2D eigenvalue weighted by Gasteiger charge is -2.15. The Kier molecular flexibility index (Phi) is 12.6. The molecule has 0 amide bonds. The van der Waals surface area contributed by atoms with Gasteiger partial charge in [-0.15, -0.1) is 0 Å². The molecule has 0 atom stereocenters. The molecule has 0 radical (unpaired) electrons. The Hall–Kier alpha value is 0.0300. The maximum Gasteiger partial charge on any atom is 0.469 e. The Labute approximate surface area is 128 Å². The van der Waals surface area contributed by atoms with Gasteiger partial charge in [0.25, 0.3) is 0 Å². The summed E-state index contributed by atoms with van der Waals surface area (Å²) >= 11 is 0. The first-order chi connectivity index (χ1) is 9.85. The molecule has 0 heterocycles. The molecule has 21 heavy (non-hydrogen) atoms. The molecule has 0 spiro atoms. The Morgan fingerprint density at radius 2 is 1.24 bits per heavy atom. The monoisotopic (exact) mass is 326 g/mol. The Morgan fingerprint density at radius 3 is 1.33 bits per heavy atom. The quantitative estimate of drug-likeness (QED) is 0.457. The molecule has 0 aliphatic heterocycles. The average molecular weight is 326 g/mol. The van der Waals surface area contributed by atoms with Crippen molar-refractivity contribution in [3.8, 4) is 0 Å². The summed E-state index contributed by atoms with van der Waals surface area (Å²) in [4.78, 5) is 15.8. The fourth-order valence-corrected chi connectivity index (χ4v) is 2.77. The van der Waals surface area contributed by atoms with Gasteiger partial charge in [-0.3, -0.25) is 4.52 Å². The summed E-state index contributed by atoms with van der Waals surface area (Å²) in [7, 11) is -4.17. The number of phosphoric acid groups is 1. The first-order valence-corrected chi connectivity index (χ1v) is 9.59. The van der Waals surface area contributed by atoms with Gasteiger partial charge >= 0.3 is 7.82 Å². The highest BCUT2D eigenvalue weighted by atomic mass is 31.2. The van der Waals surface area contributed by atoms with Crippen molar-refractivity contribution in [2.45, 2.75) is 83.2 Å². The molecule has 128 valence electrons. The van der Waals surface area contributed by atoms with E-state index in [9.17, 15) is 4.57 Å². The zero-order valence-corrected chi connectivity index (χ0v) is 14.1. The van der Waals surface area contributed by atoms with Gasteiger partial charge in [0, 0.05) is 12.1 Å². The van der Waals surface area contributed by atoms with E-state index in [4.69, 9.17) is 21.3 Å². The molecule has 0 aromatic rings. The van der Waals surface area contributed by atoms with Gasteiger partial charge < -0.3 is 21.3 Å². The molecule has 0 aromatic carbocycles. The van der Waals surface area contributed by atoms with E-state index in [1.165, 1.54) is 71.1 Å². The van der Waals surface area contributed by atoms with Crippen LogP contribution in [0.3, 0.4) is 0 Å². The van der Waals surface area contributed by atoms with Crippen molar-refractivity contribution in [2.75, 3.05) is 6.61 Å². The van der Waals surface area contributed by atoms with Crippen molar-refractivity contribution in [1.82, 2.24) is 0 Å². The molecule has 0 saturated heterocycles. The maximum absolute atomic E-state index is 9.70. The van der Waals surface area contributed by atoms with Crippen LogP contribution in [0.25, 0.3) is 0 Å². The standard InChI is InChI=1S/2C6H13N.C2H7O4P/c2*7-6-4-2-1-3-5-6;1-2-6-7(3,4)5/h2*6H,1-5,7H2;2H2,1H3,(H2,3,4,5)/i;;6+2. The molecule has 6 nitrogen and oxygen atoms in total. The fraction of sp³-hybridized carbons (Fsp3) is 1.00. The molecule has 2 fully saturated rings. The Balaban J connectivity index is 0.000000286. The zero-order valence-electron chi connectivity index (χ0n) is 13.2. The van der Waals surface area contributed by atoms with E-state index in [-0.39, 0.29) is 6.61 Å². The highest BCUT2D eigenvalue weighted by molar-refractivity contribution is 7.46. The van der Waals surface area contributed by atoms with E-state index in [1.54, 1.807) is 0 Å². The van der Waals surface area contributed by atoms with Gasteiger partial charge in [-0.05, 0) is 32.6 Å². The van der Waals surface area contributed by atoms with E-state index < -0.39 is 7.82 Å². The fourth-order valence-electron chi connectivity index (χ4n) is 2.44. The second kappa shape index (κ2) is 12.6. The lowest BCUT2D eigenvalue weighted by Crippen LogP contribution is -2.22. The lowest BCUT2D eigenvalue weighted by atomic mass is 9.97. The summed E-state index contributed by atoms with van der Waals surface area (Å²) < 4.78 is 13.6. The lowest BCUT2D eigenvalue weighted by molar-refractivity contribution is 0.206. The van der Waals surface area contributed by atoms with Crippen LogP contribution in [-0.2, 0) is 9.09 Å². The number of rotatable bonds is 2. The summed E-state index contributed by atoms with van der Waals surface area (Å²) in [6.45, 7) is 1.56. The Morgan fingerprint density at radius 1 is 0.905 bits per heavy atom. The van der Waals surface area contributed by atoms with Crippen LogP contribution < -0.4 is 11.5 Å². The third-order valence-electron chi connectivity index (χ3n) is 3.60. The minimum absolute atomic E-state index is 0.0459. The van der Waals surface area contributed by atoms with Gasteiger partial charge in [-0.25, -0.2) is 4.57 Å². The largest absolute Gasteiger partial charge is 0.469 e. The molecule has 2 aliphatic rings. The summed E-state index contributed by atoms with van der Waals surface area (Å²) in [5.74, 6) is 0. The van der Waals surface area contributed by atoms with Crippen LogP contribution in [0.1, 0.15) is 71.1 Å². The summed E-state index contributed by atoms with van der Waals surface area (Å²) in [5.41, 5.74) is 11.3. The van der Waals surface area contributed by atoms with Crippen molar-refractivity contribution in [3.63, 3.8) is 0 Å². The van der Waals surface area contributed by atoms with Gasteiger partial charge in [-0.1, -0.05) is 38.5 Å². The predicted molar refractivity (Wildman–Crippen MR) is 85.8 cm³/mol. The predicted octanol–water partition coefficient (Wildman–Crippen LogP) is 2.67. The molecule has 2 rings (SSSR count). The normalized spacial score (nSPS) is 20.8. The first kappa shape index (κ1) is 21.0. The molecular weight excluding hydrogens is 293 g/mol. The third kappa shape index (κ3) is 16.2. The SMILES string of the molecule is CC[18O]P(=O)(O)O.NC1CCCCC1.NC1CCCCC1. The van der Waals surface area contributed by atoms with E-state index in [0.29, 0.717) is 12.1 Å². The number of hydrogen-bond acceptors (Lipinski definition) is 4. The minimum Gasteiger partial charge on any atom is -0.328 e. The van der Waals surface area contributed by atoms with Crippen molar-refractivity contribution in [1.29, 1.82) is 0 Å². The third-order valence-corrected chi connectivity index (χ3v) is 4.19. The highest BCUT2D eigenvalue weighted by Gasteiger charge is 2.10. The van der Waals surface area contributed by atoms with Crippen LogP contribution in [0.5, 0.6) is 0 Å². The Bertz CT molecular complexity index is 258. The second-order valence-electron chi connectivity index (χ2n) is 5.70. The highest BCUT2D eigenvalue weighted by Crippen LogP contribution is 2.34. The zero-order chi connectivity index (χ0) is 16.1. The number of hydrogen-bond donors (Lipinski definition) is 4. The molecule has 0 bridgehead atoms. The minimum atomic E-state index is -4.17. The average Bonchev–Trinajstić information content (AvgIpc) is 2.40. The number of phosphoric ester groups is 1. The van der Waals surface area contributed by atoms with Crippen LogP contribution in [0.4, 0.5) is 0 Å². The van der Waals surface area contributed by atoms with E-state index in [1.807, 2.05) is 0 Å². The maximum atomic E-state index is 9.70. The summed E-state index contributed by atoms with van der Waals surface area (Å²) in [5, 5.41) is 0. The van der Waals surface area contributed by atoms with Gasteiger partial charge in [-0.2, -0.15) is 0 Å². The molecule has 0 aromatic heterocycles. The van der Waals surface area contributed by atoms with Gasteiger partial charge in [0.15, 0.2) is 0 Å². The van der Waals surface area contributed by atoms with Crippen LogP contribution in [0.2, 0.25) is 0 Å². The van der Waals surface area contributed by atoms with Crippen molar-refractivity contribution < 1.29 is 18.9 Å². The second-order valence-corrected chi connectivity index (χ2v) is 6.94.